The maximum atomic E-state index is 12.9. The zero-order chi connectivity index (χ0) is 25.8. The summed E-state index contributed by atoms with van der Waals surface area (Å²) >= 11 is 0. The van der Waals surface area contributed by atoms with E-state index in [-0.39, 0.29) is 39.7 Å². The quantitative estimate of drug-likeness (QED) is 0.476. The lowest BCUT2D eigenvalue weighted by Gasteiger charge is -2.15. The van der Waals surface area contributed by atoms with E-state index in [2.05, 4.69) is 14.8 Å². The van der Waals surface area contributed by atoms with E-state index in [0.717, 1.165) is 12.1 Å². The van der Waals surface area contributed by atoms with Crippen molar-refractivity contribution in [2.75, 3.05) is 16.6 Å². The lowest BCUT2D eigenvalue weighted by Crippen LogP contribution is -2.20. The third-order valence-electron chi connectivity index (χ3n) is 4.46. The minimum Gasteiger partial charge on any atom is -0.492 e. The number of aryl methyl sites for hydroxylation is 1. The van der Waals surface area contributed by atoms with Crippen LogP contribution in [0.2, 0.25) is 0 Å². The van der Waals surface area contributed by atoms with Gasteiger partial charge in [-0.05, 0) is 37.3 Å². The van der Waals surface area contributed by atoms with E-state index in [1.54, 1.807) is 6.92 Å². The van der Waals surface area contributed by atoms with Gasteiger partial charge in [0.25, 0.3) is 15.9 Å². The van der Waals surface area contributed by atoms with Crippen molar-refractivity contribution in [1.82, 2.24) is 4.57 Å². The Hall–Kier alpha value is -4.00. The molecule has 35 heavy (non-hydrogen) atoms. The van der Waals surface area contributed by atoms with Crippen LogP contribution in [0.15, 0.2) is 70.5 Å². The van der Waals surface area contributed by atoms with Crippen molar-refractivity contribution in [3.63, 3.8) is 0 Å². The molecular weight excluding hydrogens is 491 g/mol. The first-order valence-electron chi connectivity index (χ1n) is 10.0. The van der Waals surface area contributed by atoms with E-state index in [0.29, 0.717) is 0 Å². The number of pyridine rings is 1. The predicted molar refractivity (Wildman–Crippen MR) is 121 cm³/mol. The molecule has 2 aromatic carbocycles. The highest BCUT2D eigenvalue weighted by Gasteiger charge is 2.31. The normalized spacial score (nSPS) is 11.6. The van der Waals surface area contributed by atoms with Gasteiger partial charge in [0.15, 0.2) is 0 Å². The number of hydrogen-bond acceptors (Lipinski definition) is 6. The Bertz CT molecular complexity index is 1400. The Kier molecular flexibility index (Phi) is 7.39. The van der Waals surface area contributed by atoms with Gasteiger partial charge in [-0.15, -0.1) is 13.2 Å². The van der Waals surface area contributed by atoms with Gasteiger partial charge in [0.1, 0.15) is 16.4 Å². The molecule has 186 valence electrons. The first-order chi connectivity index (χ1) is 16.4. The van der Waals surface area contributed by atoms with Crippen LogP contribution in [0.1, 0.15) is 17.3 Å². The monoisotopic (exact) mass is 511 g/mol. The molecule has 0 radical (unpaired) electrons. The number of alkyl halides is 3. The number of carbonyl (C=O) groups excluding carboxylic acids is 1. The highest BCUT2D eigenvalue weighted by atomic mass is 32.2. The Morgan fingerprint density at radius 3 is 2.46 bits per heavy atom. The number of sulfonamides is 1. The van der Waals surface area contributed by atoms with Gasteiger partial charge in [-0.3, -0.25) is 14.3 Å². The number of hydrogen-bond donors (Lipinski definition) is 2. The third kappa shape index (κ3) is 6.76. The summed E-state index contributed by atoms with van der Waals surface area (Å²) in [6, 6.07) is 10.7. The molecule has 0 atom stereocenters. The van der Waals surface area contributed by atoms with Gasteiger partial charge < -0.3 is 19.4 Å². The summed E-state index contributed by atoms with van der Waals surface area (Å²) in [4.78, 5) is 23.7. The first kappa shape index (κ1) is 25.6. The summed E-state index contributed by atoms with van der Waals surface area (Å²) in [7, 11) is -2.81. The van der Waals surface area contributed by atoms with Crippen molar-refractivity contribution in [1.29, 1.82) is 0 Å². The molecule has 0 unspecified atom stereocenters. The molecule has 2 N–H and O–H groups in total. The van der Waals surface area contributed by atoms with Crippen molar-refractivity contribution in [2.45, 2.75) is 18.2 Å². The molecule has 0 fully saturated rings. The SMILES string of the molecule is CCOc1cc(NC(=O)c2ccc(=O)n(C)c2)ccc1S(=O)(=O)Nc1cccc(OC(F)(F)F)c1. The minimum atomic E-state index is -4.94. The Balaban J connectivity index is 1.86. The van der Waals surface area contributed by atoms with Gasteiger partial charge in [0, 0.05) is 37.1 Å². The summed E-state index contributed by atoms with van der Waals surface area (Å²) in [5, 5.41) is 2.59. The molecule has 0 saturated heterocycles. The first-order valence-corrected chi connectivity index (χ1v) is 11.5. The third-order valence-corrected chi connectivity index (χ3v) is 5.88. The van der Waals surface area contributed by atoms with Crippen molar-refractivity contribution in [2.24, 2.45) is 7.05 Å². The van der Waals surface area contributed by atoms with Crippen LogP contribution in [0.3, 0.4) is 0 Å². The molecule has 13 heteroatoms. The predicted octanol–water partition coefficient (Wildman–Crippen LogP) is 3.74. The largest absolute Gasteiger partial charge is 0.573 e. The number of ether oxygens (including phenoxy) is 2. The second kappa shape index (κ2) is 10.1. The van der Waals surface area contributed by atoms with Crippen molar-refractivity contribution >= 4 is 27.3 Å². The molecule has 0 bridgehead atoms. The molecule has 3 aromatic rings. The second-order valence-electron chi connectivity index (χ2n) is 7.10. The Labute approximate surface area is 198 Å². The maximum absolute atomic E-state index is 12.9. The molecule has 0 aliphatic heterocycles. The highest BCUT2D eigenvalue weighted by molar-refractivity contribution is 7.92. The van der Waals surface area contributed by atoms with E-state index in [4.69, 9.17) is 4.74 Å². The van der Waals surface area contributed by atoms with Crippen LogP contribution >= 0.6 is 0 Å². The summed E-state index contributed by atoms with van der Waals surface area (Å²) in [5.41, 5.74) is -0.0461. The fourth-order valence-electron chi connectivity index (χ4n) is 2.97. The summed E-state index contributed by atoms with van der Waals surface area (Å²) in [6.07, 6.45) is -3.59. The molecule has 1 amide bonds. The molecule has 0 saturated carbocycles. The molecule has 1 aromatic heterocycles. The van der Waals surface area contributed by atoms with Crippen LogP contribution < -0.4 is 25.1 Å². The second-order valence-corrected chi connectivity index (χ2v) is 8.75. The number of nitrogens with zero attached hydrogens (tertiary/aromatic N) is 1. The molecule has 9 nitrogen and oxygen atoms in total. The zero-order valence-electron chi connectivity index (χ0n) is 18.4. The molecule has 0 aliphatic rings. The topological polar surface area (TPSA) is 116 Å². The fraction of sp³-hybridized carbons (Fsp3) is 0.182. The zero-order valence-corrected chi connectivity index (χ0v) is 19.2. The average molecular weight is 511 g/mol. The number of nitrogens with one attached hydrogen (secondary N) is 2. The van der Waals surface area contributed by atoms with E-state index in [9.17, 15) is 31.2 Å². The standard InChI is InChI=1S/C22H20F3N3O6S/c1-3-33-18-12-15(26-21(30)14-7-10-20(29)28(2)13-14)8-9-19(18)35(31,32)27-16-5-4-6-17(11-16)34-22(23,24)25/h4-13,27H,3H2,1-2H3,(H,26,30). The van der Waals surface area contributed by atoms with E-state index in [1.165, 1.54) is 60.3 Å². The van der Waals surface area contributed by atoms with Crippen LogP contribution in [0.5, 0.6) is 11.5 Å². The molecule has 1 heterocycles. The Morgan fingerprint density at radius 1 is 1.06 bits per heavy atom. The van der Waals surface area contributed by atoms with Crippen molar-refractivity contribution in [3.8, 4) is 11.5 Å². The van der Waals surface area contributed by atoms with E-state index < -0.39 is 28.0 Å². The van der Waals surface area contributed by atoms with Crippen LogP contribution in [-0.4, -0.2) is 31.9 Å². The average Bonchev–Trinajstić information content (AvgIpc) is 2.74. The molecule has 0 aliphatic carbocycles. The summed E-state index contributed by atoms with van der Waals surface area (Å²) in [6.45, 7) is 1.72. The number of carbonyl (C=O) groups is 1. The van der Waals surface area contributed by atoms with Gasteiger partial charge in [-0.2, -0.15) is 0 Å². The number of halogens is 3. The molecule has 3 rings (SSSR count). The van der Waals surface area contributed by atoms with Crippen LogP contribution in [0.25, 0.3) is 0 Å². The van der Waals surface area contributed by atoms with Crippen LogP contribution in [-0.2, 0) is 17.1 Å². The van der Waals surface area contributed by atoms with E-state index >= 15 is 0 Å². The smallest absolute Gasteiger partial charge is 0.492 e. The number of rotatable bonds is 8. The fourth-order valence-corrected chi connectivity index (χ4v) is 4.15. The number of benzene rings is 2. The molecular formula is C22H20F3N3O6S. The van der Waals surface area contributed by atoms with Gasteiger partial charge >= 0.3 is 6.36 Å². The lowest BCUT2D eigenvalue weighted by atomic mass is 10.2. The maximum Gasteiger partial charge on any atom is 0.573 e. The van der Waals surface area contributed by atoms with Gasteiger partial charge in [-0.25, -0.2) is 8.42 Å². The Morgan fingerprint density at radius 2 is 1.80 bits per heavy atom. The van der Waals surface area contributed by atoms with Gasteiger partial charge in [0.2, 0.25) is 5.56 Å². The van der Waals surface area contributed by atoms with Crippen molar-refractivity contribution < 1.29 is 35.9 Å². The summed E-state index contributed by atoms with van der Waals surface area (Å²) in [5.74, 6) is -1.24. The number of aromatic nitrogens is 1. The lowest BCUT2D eigenvalue weighted by molar-refractivity contribution is -0.274. The highest BCUT2D eigenvalue weighted by Crippen LogP contribution is 2.31. The van der Waals surface area contributed by atoms with Crippen LogP contribution in [0, 0.1) is 0 Å². The van der Waals surface area contributed by atoms with Crippen LogP contribution in [0.4, 0.5) is 24.5 Å². The van der Waals surface area contributed by atoms with Crippen molar-refractivity contribution in [3.05, 3.63) is 76.7 Å². The number of amides is 1. The van der Waals surface area contributed by atoms with E-state index in [1.807, 2.05) is 0 Å². The molecule has 0 spiro atoms. The van der Waals surface area contributed by atoms with Gasteiger partial charge in [0.05, 0.1) is 17.9 Å². The summed E-state index contributed by atoms with van der Waals surface area (Å²) < 4.78 is 75.9. The van der Waals surface area contributed by atoms with Gasteiger partial charge in [-0.1, -0.05) is 6.07 Å². The number of anilines is 2. The minimum absolute atomic E-state index is 0.0929.